The number of benzene rings is 2. The average Bonchev–Trinajstić information content (AvgIpc) is 2.80. The standard InChI is InChI=1S/C25H25ClFN3O4S/c1-15(2)14-34-25(33)12-11-16(13-24(25,26)22(35)30-23(28)32)17-7-4-6-10-20(17)29-21(31)18-8-3-5-9-19(18)27/h3-13,15,33H,14H2,1-2H3,(H,29,31)(H3,28,30,32,35). The zero-order chi connectivity index (χ0) is 25.8. The summed E-state index contributed by atoms with van der Waals surface area (Å²) < 4.78 is 19.8. The zero-order valence-corrected chi connectivity index (χ0v) is 20.6. The molecule has 0 spiro atoms. The van der Waals surface area contributed by atoms with Crippen molar-refractivity contribution in [3.63, 3.8) is 0 Å². The van der Waals surface area contributed by atoms with Crippen LogP contribution in [0, 0.1) is 11.7 Å². The lowest BCUT2D eigenvalue weighted by Gasteiger charge is -2.41. The second-order valence-electron chi connectivity index (χ2n) is 8.34. The number of rotatable bonds is 7. The first-order chi connectivity index (χ1) is 16.5. The fourth-order valence-electron chi connectivity index (χ4n) is 3.41. The molecular weight excluding hydrogens is 493 g/mol. The Morgan fingerprint density at radius 3 is 2.51 bits per heavy atom. The van der Waals surface area contributed by atoms with E-state index in [1.54, 1.807) is 36.4 Å². The Bertz CT molecular complexity index is 1220. The van der Waals surface area contributed by atoms with Crippen LogP contribution in [-0.2, 0) is 4.74 Å². The number of alkyl halides is 1. The van der Waals surface area contributed by atoms with Gasteiger partial charge in [-0.2, -0.15) is 0 Å². The zero-order valence-electron chi connectivity index (χ0n) is 19.0. The molecule has 10 heteroatoms. The van der Waals surface area contributed by atoms with E-state index in [-0.39, 0.29) is 23.1 Å². The van der Waals surface area contributed by atoms with Gasteiger partial charge < -0.3 is 26.2 Å². The molecule has 0 radical (unpaired) electrons. The van der Waals surface area contributed by atoms with Gasteiger partial charge in [0.05, 0.1) is 12.2 Å². The van der Waals surface area contributed by atoms with E-state index in [0.29, 0.717) is 16.8 Å². The summed E-state index contributed by atoms with van der Waals surface area (Å²) in [5.74, 6) is -3.34. The fraction of sp³-hybridized carbons (Fsp3) is 0.240. The number of primary amides is 1. The number of thiocarbonyl (C=S) groups is 1. The van der Waals surface area contributed by atoms with Crippen LogP contribution in [0.15, 0.2) is 66.8 Å². The highest BCUT2D eigenvalue weighted by Crippen LogP contribution is 2.42. The van der Waals surface area contributed by atoms with Gasteiger partial charge in [0.25, 0.3) is 5.91 Å². The number of amides is 3. The predicted molar refractivity (Wildman–Crippen MR) is 138 cm³/mol. The van der Waals surface area contributed by atoms with Crippen molar-refractivity contribution < 1.29 is 23.8 Å². The Labute approximate surface area is 212 Å². The van der Waals surface area contributed by atoms with Crippen molar-refractivity contribution in [1.82, 2.24) is 5.32 Å². The van der Waals surface area contributed by atoms with Gasteiger partial charge >= 0.3 is 6.03 Å². The second kappa shape index (κ2) is 10.7. The lowest BCUT2D eigenvalue weighted by molar-refractivity contribution is -0.177. The Kier molecular flexibility index (Phi) is 8.07. The number of nitrogens with one attached hydrogen (secondary N) is 2. The monoisotopic (exact) mass is 517 g/mol. The van der Waals surface area contributed by atoms with Crippen molar-refractivity contribution in [1.29, 1.82) is 0 Å². The minimum Gasteiger partial charge on any atom is -0.360 e. The number of anilines is 1. The lowest BCUT2D eigenvalue weighted by Crippen LogP contribution is -2.60. The highest BCUT2D eigenvalue weighted by molar-refractivity contribution is 7.80. The van der Waals surface area contributed by atoms with E-state index >= 15 is 0 Å². The first-order valence-corrected chi connectivity index (χ1v) is 11.5. The number of hydrogen-bond donors (Lipinski definition) is 4. The normalized spacial score (nSPS) is 21.4. The maximum atomic E-state index is 14.1. The van der Waals surface area contributed by atoms with Gasteiger partial charge in [-0.3, -0.25) is 4.79 Å². The molecule has 2 unspecified atom stereocenters. The van der Waals surface area contributed by atoms with Gasteiger partial charge in [-0.15, -0.1) is 11.6 Å². The Balaban J connectivity index is 2.03. The number of nitrogens with two attached hydrogens (primary N) is 1. The number of allylic oxidation sites excluding steroid dienone is 2. The first-order valence-electron chi connectivity index (χ1n) is 10.7. The van der Waals surface area contributed by atoms with E-state index in [1.807, 2.05) is 13.8 Å². The first kappa shape index (κ1) is 26.5. The lowest BCUT2D eigenvalue weighted by atomic mass is 9.85. The van der Waals surface area contributed by atoms with E-state index in [1.165, 1.54) is 30.4 Å². The molecule has 1 aliphatic rings. The number of urea groups is 1. The number of para-hydroxylation sites is 1. The number of hydrogen-bond acceptors (Lipinski definition) is 5. The summed E-state index contributed by atoms with van der Waals surface area (Å²) in [6.45, 7) is 3.93. The molecule has 2 atom stereocenters. The molecule has 2 aromatic rings. The van der Waals surface area contributed by atoms with Gasteiger partial charge in [0.15, 0.2) is 4.87 Å². The molecule has 3 rings (SSSR count). The molecule has 35 heavy (non-hydrogen) atoms. The van der Waals surface area contributed by atoms with Crippen molar-refractivity contribution in [2.75, 3.05) is 11.9 Å². The number of aliphatic hydroxyl groups is 1. The Morgan fingerprint density at radius 2 is 1.86 bits per heavy atom. The van der Waals surface area contributed by atoms with Gasteiger partial charge in [-0.05, 0) is 41.8 Å². The van der Waals surface area contributed by atoms with Crippen LogP contribution in [0.1, 0.15) is 29.8 Å². The second-order valence-corrected chi connectivity index (χ2v) is 9.35. The Hall–Kier alpha value is -3.11. The molecular formula is C25H25ClFN3O4S. The summed E-state index contributed by atoms with van der Waals surface area (Å²) in [7, 11) is 0. The predicted octanol–water partition coefficient (Wildman–Crippen LogP) is 4.37. The van der Waals surface area contributed by atoms with Gasteiger partial charge in [-0.1, -0.05) is 62.5 Å². The average molecular weight is 518 g/mol. The van der Waals surface area contributed by atoms with Crippen LogP contribution >= 0.6 is 23.8 Å². The van der Waals surface area contributed by atoms with Crippen LogP contribution in [0.4, 0.5) is 14.9 Å². The quantitative estimate of drug-likeness (QED) is 0.247. The van der Waals surface area contributed by atoms with E-state index in [0.717, 1.165) is 0 Å². The fourth-order valence-corrected chi connectivity index (χ4v) is 4.00. The largest absolute Gasteiger partial charge is 0.360 e. The number of halogens is 2. The summed E-state index contributed by atoms with van der Waals surface area (Å²) in [6.07, 6.45) is 4.30. The topological polar surface area (TPSA) is 114 Å². The molecule has 0 bridgehead atoms. The number of carbonyl (C=O) groups is 2. The van der Waals surface area contributed by atoms with E-state index in [4.69, 9.17) is 34.3 Å². The highest BCUT2D eigenvalue weighted by atomic mass is 35.5. The molecule has 0 fully saturated rings. The van der Waals surface area contributed by atoms with Gasteiger partial charge in [0.1, 0.15) is 10.8 Å². The third-order valence-corrected chi connectivity index (χ3v) is 6.28. The van der Waals surface area contributed by atoms with Crippen molar-refractivity contribution in [3.05, 3.63) is 83.7 Å². The van der Waals surface area contributed by atoms with E-state index < -0.39 is 28.4 Å². The van der Waals surface area contributed by atoms with Crippen molar-refractivity contribution in [2.45, 2.75) is 24.5 Å². The van der Waals surface area contributed by atoms with Crippen LogP contribution in [0.5, 0.6) is 0 Å². The molecule has 3 amide bonds. The SMILES string of the molecule is CC(C)COC1(O)C=CC(c2ccccc2NC(=O)c2ccccc2F)=CC1(Cl)C(=S)NC(N)=O. The smallest absolute Gasteiger partial charge is 0.317 e. The minimum absolute atomic E-state index is 0.0608. The molecule has 2 aromatic carbocycles. The van der Waals surface area contributed by atoms with Crippen LogP contribution in [0.3, 0.4) is 0 Å². The maximum Gasteiger partial charge on any atom is 0.317 e. The summed E-state index contributed by atoms with van der Waals surface area (Å²) >= 11 is 12.1. The molecule has 1 aliphatic carbocycles. The van der Waals surface area contributed by atoms with Crippen LogP contribution in [-0.4, -0.2) is 39.3 Å². The van der Waals surface area contributed by atoms with Crippen LogP contribution in [0.2, 0.25) is 0 Å². The molecule has 0 heterocycles. The van der Waals surface area contributed by atoms with Gasteiger partial charge in [0.2, 0.25) is 5.79 Å². The molecule has 0 aliphatic heterocycles. The van der Waals surface area contributed by atoms with Crippen LogP contribution < -0.4 is 16.4 Å². The van der Waals surface area contributed by atoms with Crippen LogP contribution in [0.25, 0.3) is 5.57 Å². The van der Waals surface area contributed by atoms with Crippen molar-refractivity contribution >= 4 is 52.0 Å². The number of ether oxygens (including phenoxy) is 1. The highest BCUT2D eigenvalue weighted by Gasteiger charge is 2.53. The van der Waals surface area contributed by atoms with Gasteiger partial charge in [0, 0.05) is 11.3 Å². The van der Waals surface area contributed by atoms with Crippen molar-refractivity contribution in [2.24, 2.45) is 11.7 Å². The van der Waals surface area contributed by atoms with E-state index in [9.17, 15) is 19.1 Å². The summed E-state index contributed by atoms with van der Waals surface area (Å²) in [6, 6.07) is 11.4. The van der Waals surface area contributed by atoms with Gasteiger partial charge in [-0.25, -0.2) is 9.18 Å². The third-order valence-electron chi connectivity index (χ3n) is 5.17. The Morgan fingerprint density at radius 1 is 1.20 bits per heavy atom. The third kappa shape index (κ3) is 5.76. The molecule has 0 saturated heterocycles. The molecule has 5 N–H and O–H groups in total. The molecule has 184 valence electrons. The number of carbonyl (C=O) groups excluding carboxylic acids is 2. The summed E-state index contributed by atoms with van der Waals surface area (Å²) in [4.78, 5) is 22.0. The van der Waals surface area contributed by atoms with E-state index in [2.05, 4.69) is 10.6 Å². The summed E-state index contributed by atoms with van der Waals surface area (Å²) in [5.41, 5.74) is 6.43. The molecule has 7 nitrogen and oxygen atoms in total. The minimum atomic E-state index is -2.10. The molecule has 0 saturated carbocycles. The van der Waals surface area contributed by atoms with Crippen molar-refractivity contribution in [3.8, 4) is 0 Å². The maximum absolute atomic E-state index is 14.1. The summed E-state index contributed by atoms with van der Waals surface area (Å²) in [5, 5.41) is 16.3. The molecule has 0 aromatic heterocycles.